The van der Waals surface area contributed by atoms with Gasteiger partial charge in [-0.15, -0.1) is 0 Å². The fraction of sp³-hybridized carbons (Fsp3) is 0.588. The highest BCUT2D eigenvalue weighted by Gasteiger charge is 2.41. The second-order valence-corrected chi connectivity index (χ2v) is 6.30. The van der Waals surface area contributed by atoms with Gasteiger partial charge in [-0.1, -0.05) is 32.6 Å². The number of hydrogen-bond acceptors (Lipinski definition) is 5. The smallest absolute Gasteiger partial charge is 0.356 e. The van der Waals surface area contributed by atoms with E-state index in [1.54, 1.807) is 0 Å². The van der Waals surface area contributed by atoms with Crippen molar-refractivity contribution in [3.8, 4) is 0 Å². The number of amides is 2. The summed E-state index contributed by atoms with van der Waals surface area (Å²) in [6.07, 6.45) is 7.94. The van der Waals surface area contributed by atoms with Gasteiger partial charge in [-0.25, -0.2) is 14.8 Å². The van der Waals surface area contributed by atoms with Crippen LogP contribution in [0.15, 0.2) is 12.4 Å². The van der Waals surface area contributed by atoms with Gasteiger partial charge in [0.05, 0.1) is 12.4 Å². The van der Waals surface area contributed by atoms with E-state index in [0.29, 0.717) is 19.4 Å². The number of hydrogen-bond donors (Lipinski definition) is 3. The van der Waals surface area contributed by atoms with E-state index >= 15 is 0 Å². The molecule has 3 N–H and O–H groups in total. The van der Waals surface area contributed by atoms with Gasteiger partial charge in [0.25, 0.3) is 5.91 Å². The number of carbonyl (C=O) groups is 3. The minimum absolute atomic E-state index is 0.00342. The van der Waals surface area contributed by atoms with Gasteiger partial charge in [0, 0.05) is 6.54 Å². The van der Waals surface area contributed by atoms with Gasteiger partial charge in [-0.2, -0.15) is 0 Å². The second kappa shape index (κ2) is 8.55. The second-order valence-electron chi connectivity index (χ2n) is 6.30. The average Bonchev–Trinajstić information content (AvgIpc) is 2.62. The van der Waals surface area contributed by atoms with Crippen LogP contribution >= 0.6 is 0 Å². The summed E-state index contributed by atoms with van der Waals surface area (Å²) in [5.41, 5.74) is -1.17. The maximum atomic E-state index is 12.7. The molecule has 8 nitrogen and oxygen atoms in total. The van der Waals surface area contributed by atoms with Gasteiger partial charge in [-0.3, -0.25) is 9.59 Å². The number of unbranched alkanes of at least 4 members (excludes halogenated alkanes) is 1. The van der Waals surface area contributed by atoms with Crippen LogP contribution in [0.2, 0.25) is 0 Å². The van der Waals surface area contributed by atoms with Gasteiger partial charge in [0.1, 0.15) is 11.2 Å². The highest BCUT2D eigenvalue weighted by molar-refractivity contribution is 5.98. The lowest BCUT2D eigenvalue weighted by molar-refractivity contribution is -0.128. The summed E-state index contributed by atoms with van der Waals surface area (Å²) in [5.74, 6) is -1.89. The van der Waals surface area contributed by atoms with Gasteiger partial charge in [-0.05, 0) is 19.3 Å². The SMILES string of the molecule is CCCCNC(=O)C1(NC(=O)c2cnc(C(=O)O)cn2)CCCCC1. The van der Waals surface area contributed by atoms with E-state index in [1.807, 2.05) is 6.92 Å². The molecule has 0 atom stereocenters. The van der Waals surface area contributed by atoms with E-state index in [9.17, 15) is 14.4 Å². The van der Waals surface area contributed by atoms with Gasteiger partial charge in [0.2, 0.25) is 5.91 Å². The highest BCUT2D eigenvalue weighted by Crippen LogP contribution is 2.29. The number of carbonyl (C=O) groups excluding carboxylic acids is 2. The topological polar surface area (TPSA) is 121 Å². The Kier molecular flexibility index (Phi) is 6.44. The van der Waals surface area contributed by atoms with Gasteiger partial charge < -0.3 is 15.7 Å². The first-order valence-corrected chi connectivity index (χ1v) is 8.64. The van der Waals surface area contributed by atoms with Gasteiger partial charge in [0.15, 0.2) is 5.69 Å². The first kappa shape index (κ1) is 18.8. The Bertz CT molecular complexity index is 624. The first-order valence-electron chi connectivity index (χ1n) is 8.64. The zero-order chi connectivity index (χ0) is 18.3. The Hall–Kier alpha value is -2.51. The van der Waals surface area contributed by atoms with Crippen LogP contribution in [0.5, 0.6) is 0 Å². The molecule has 2 amide bonds. The molecule has 8 heteroatoms. The molecule has 1 aromatic rings. The Morgan fingerprint density at radius 3 is 2.32 bits per heavy atom. The molecular formula is C17H24N4O4. The molecule has 1 aliphatic carbocycles. The largest absolute Gasteiger partial charge is 0.476 e. The quantitative estimate of drug-likeness (QED) is 0.642. The number of nitrogens with one attached hydrogen (secondary N) is 2. The van der Waals surface area contributed by atoms with Crippen molar-refractivity contribution in [3.63, 3.8) is 0 Å². The third-order valence-electron chi connectivity index (χ3n) is 4.41. The van der Waals surface area contributed by atoms with Crippen molar-refractivity contribution in [1.29, 1.82) is 0 Å². The first-order chi connectivity index (χ1) is 12.0. The minimum Gasteiger partial charge on any atom is -0.476 e. The zero-order valence-corrected chi connectivity index (χ0v) is 14.4. The molecule has 1 heterocycles. The molecule has 136 valence electrons. The summed E-state index contributed by atoms with van der Waals surface area (Å²) >= 11 is 0. The van der Waals surface area contributed by atoms with Crippen LogP contribution in [0.3, 0.4) is 0 Å². The molecule has 0 radical (unpaired) electrons. The number of carboxylic acids is 1. The number of rotatable bonds is 7. The van der Waals surface area contributed by atoms with Crippen LogP contribution in [0, 0.1) is 0 Å². The van der Waals surface area contributed by atoms with Crippen LogP contribution in [0.25, 0.3) is 0 Å². The lowest BCUT2D eigenvalue weighted by atomic mass is 9.80. The zero-order valence-electron chi connectivity index (χ0n) is 14.4. The fourth-order valence-electron chi connectivity index (χ4n) is 2.95. The number of aromatic nitrogens is 2. The van der Waals surface area contributed by atoms with E-state index in [0.717, 1.165) is 44.5 Å². The average molecular weight is 348 g/mol. The number of aromatic carboxylic acids is 1. The Labute approximate surface area is 146 Å². The Balaban J connectivity index is 2.11. The lowest BCUT2D eigenvalue weighted by Crippen LogP contribution is -2.59. The van der Waals surface area contributed by atoms with Crippen LogP contribution in [-0.2, 0) is 4.79 Å². The molecule has 2 rings (SSSR count). The fourth-order valence-corrected chi connectivity index (χ4v) is 2.95. The van der Waals surface area contributed by atoms with Crippen molar-refractivity contribution in [2.75, 3.05) is 6.54 Å². The molecular weight excluding hydrogens is 324 g/mol. The van der Waals surface area contributed by atoms with Crippen molar-refractivity contribution in [3.05, 3.63) is 23.8 Å². The van der Waals surface area contributed by atoms with E-state index < -0.39 is 17.4 Å². The van der Waals surface area contributed by atoms with Crippen LogP contribution < -0.4 is 10.6 Å². The van der Waals surface area contributed by atoms with Crippen molar-refractivity contribution in [2.45, 2.75) is 57.4 Å². The summed E-state index contributed by atoms with van der Waals surface area (Å²) < 4.78 is 0. The molecule has 1 fully saturated rings. The number of nitrogens with zero attached hydrogens (tertiary/aromatic N) is 2. The number of carboxylic acid groups (broad SMARTS) is 1. The van der Waals surface area contributed by atoms with E-state index in [1.165, 1.54) is 0 Å². The normalized spacial score (nSPS) is 16.0. The van der Waals surface area contributed by atoms with Crippen LogP contribution in [-0.4, -0.2) is 44.9 Å². The molecule has 0 unspecified atom stereocenters. The molecule has 0 spiro atoms. The molecule has 1 aliphatic rings. The molecule has 0 aliphatic heterocycles. The van der Waals surface area contributed by atoms with E-state index in [2.05, 4.69) is 20.6 Å². The van der Waals surface area contributed by atoms with E-state index in [-0.39, 0.29) is 17.3 Å². The third kappa shape index (κ3) is 4.74. The summed E-state index contributed by atoms with van der Waals surface area (Å²) in [6.45, 7) is 2.63. The highest BCUT2D eigenvalue weighted by atomic mass is 16.4. The van der Waals surface area contributed by atoms with Gasteiger partial charge >= 0.3 is 5.97 Å². The predicted octanol–water partition coefficient (Wildman–Crippen LogP) is 1.52. The monoisotopic (exact) mass is 348 g/mol. The molecule has 0 aromatic carbocycles. The molecule has 25 heavy (non-hydrogen) atoms. The van der Waals surface area contributed by atoms with Crippen molar-refractivity contribution in [2.24, 2.45) is 0 Å². The lowest BCUT2D eigenvalue weighted by Gasteiger charge is -2.36. The van der Waals surface area contributed by atoms with Crippen LogP contribution in [0.1, 0.15) is 72.8 Å². The van der Waals surface area contributed by atoms with Crippen molar-refractivity contribution in [1.82, 2.24) is 20.6 Å². The summed E-state index contributed by atoms with van der Waals surface area (Å²) in [6, 6.07) is 0. The molecule has 0 bridgehead atoms. The maximum Gasteiger partial charge on any atom is 0.356 e. The Morgan fingerprint density at radius 2 is 1.76 bits per heavy atom. The third-order valence-corrected chi connectivity index (χ3v) is 4.41. The summed E-state index contributed by atoms with van der Waals surface area (Å²) in [7, 11) is 0. The molecule has 0 saturated heterocycles. The predicted molar refractivity (Wildman–Crippen MR) is 90.2 cm³/mol. The Morgan fingerprint density at radius 1 is 1.12 bits per heavy atom. The molecule has 1 aromatic heterocycles. The van der Waals surface area contributed by atoms with Crippen molar-refractivity contribution < 1.29 is 19.5 Å². The van der Waals surface area contributed by atoms with Crippen molar-refractivity contribution >= 4 is 17.8 Å². The molecule has 1 saturated carbocycles. The van der Waals surface area contributed by atoms with E-state index in [4.69, 9.17) is 5.11 Å². The minimum atomic E-state index is -1.21. The van der Waals surface area contributed by atoms with Crippen LogP contribution in [0.4, 0.5) is 0 Å². The standard InChI is InChI=1S/C17H24N4O4/c1-2-3-9-18-16(25)17(7-5-4-6-8-17)21-14(22)12-10-20-13(11-19-12)15(23)24/h10-11H,2-9H2,1H3,(H,18,25)(H,21,22)(H,23,24). The summed E-state index contributed by atoms with van der Waals surface area (Å²) in [4.78, 5) is 43.5. The summed E-state index contributed by atoms with van der Waals surface area (Å²) in [5, 5.41) is 14.6. The maximum absolute atomic E-state index is 12.7.